The van der Waals surface area contributed by atoms with Gasteiger partial charge in [-0.15, -0.1) is 0 Å². The molecule has 1 aliphatic rings. The molecule has 0 amide bonds. The van der Waals surface area contributed by atoms with E-state index in [9.17, 15) is 0 Å². The highest BCUT2D eigenvalue weighted by atomic mass is 16.5. The molecule has 0 N–H and O–H groups in total. The molecule has 0 fully saturated rings. The summed E-state index contributed by atoms with van der Waals surface area (Å²) in [6, 6.07) is 15.1. The molecule has 0 bridgehead atoms. The lowest BCUT2D eigenvalue weighted by Crippen LogP contribution is -1.99. The Balaban J connectivity index is 1.73. The second kappa shape index (κ2) is 6.13. The molecule has 1 nitrogen and oxygen atoms in total. The van der Waals surface area contributed by atoms with Gasteiger partial charge in [-0.2, -0.15) is 0 Å². The van der Waals surface area contributed by atoms with Gasteiger partial charge in [-0.25, -0.2) is 0 Å². The lowest BCUT2D eigenvalue weighted by Gasteiger charge is -2.10. The van der Waals surface area contributed by atoms with Crippen LogP contribution < -0.4 is 4.74 Å². The number of unbranched alkanes of at least 4 members (excludes halogenated alkanes) is 3. The van der Waals surface area contributed by atoms with Crippen LogP contribution in [0.5, 0.6) is 5.75 Å². The predicted molar refractivity (Wildman–Crippen MR) is 84.3 cm³/mol. The van der Waals surface area contributed by atoms with E-state index >= 15 is 0 Å². The van der Waals surface area contributed by atoms with Crippen molar-refractivity contribution in [2.75, 3.05) is 6.61 Å². The predicted octanol–water partition coefficient (Wildman–Crippen LogP) is 5.22. The Hall–Kier alpha value is -1.76. The molecule has 0 saturated carbocycles. The Morgan fingerprint density at radius 3 is 2.65 bits per heavy atom. The summed E-state index contributed by atoms with van der Waals surface area (Å²) in [5.74, 6) is 1.08. The molecule has 2 aromatic rings. The SMILES string of the molecule is CCCCCCOc1cccc2c1Cc1ccccc1-2. The van der Waals surface area contributed by atoms with Crippen LogP contribution in [0, 0.1) is 0 Å². The van der Waals surface area contributed by atoms with Gasteiger partial charge >= 0.3 is 0 Å². The smallest absolute Gasteiger partial charge is 0.123 e. The van der Waals surface area contributed by atoms with Gasteiger partial charge in [-0.3, -0.25) is 0 Å². The fraction of sp³-hybridized carbons (Fsp3) is 0.368. The van der Waals surface area contributed by atoms with E-state index in [2.05, 4.69) is 49.4 Å². The third-order valence-corrected chi connectivity index (χ3v) is 4.06. The number of fused-ring (bicyclic) bond motifs is 3. The maximum absolute atomic E-state index is 6.03. The van der Waals surface area contributed by atoms with E-state index < -0.39 is 0 Å². The Kier molecular flexibility index (Phi) is 4.05. The zero-order valence-electron chi connectivity index (χ0n) is 12.2. The van der Waals surface area contributed by atoms with Crippen LogP contribution in [-0.4, -0.2) is 6.61 Å². The third-order valence-electron chi connectivity index (χ3n) is 4.06. The molecule has 0 saturated heterocycles. The summed E-state index contributed by atoms with van der Waals surface area (Å²) in [6.07, 6.45) is 6.02. The molecule has 0 atom stereocenters. The Labute approximate surface area is 121 Å². The van der Waals surface area contributed by atoms with E-state index in [-0.39, 0.29) is 0 Å². The molecule has 0 unspecified atom stereocenters. The van der Waals surface area contributed by atoms with Crippen molar-refractivity contribution in [1.82, 2.24) is 0 Å². The van der Waals surface area contributed by atoms with Crippen LogP contribution in [0.15, 0.2) is 42.5 Å². The van der Waals surface area contributed by atoms with Gasteiger partial charge in [-0.1, -0.05) is 62.6 Å². The summed E-state index contributed by atoms with van der Waals surface area (Å²) < 4.78 is 6.03. The molecule has 2 aromatic carbocycles. The number of hydrogen-bond donors (Lipinski definition) is 0. The fourth-order valence-electron chi connectivity index (χ4n) is 2.97. The van der Waals surface area contributed by atoms with Crippen LogP contribution in [0.1, 0.15) is 43.7 Å². The minimum Gasteiger partial charge on any atom is -0.493 e. The van der Waals surface area contributed by atoms with Crippen molar-refractivity contribution in [3.63, 3.8) is 0 Å². The topological polar surface area (TPSA) is 9.23 Å². The minimum absolute atomic E-state index is 0.840. The van der Waals surface area contributed by atoms with Crippen molar-refractivity contribution in [2.45, 2.75) is 39.0 Å². The fourth-order valence-corrected chi connectivity index (χ4v) is 2.97. The lowest BCUT2D eigenvalue weighted by atomic mass is 10.1. The monoisotopic (exact) mass is 266 g/mol. The first-order valence-corrected chi connectivity index (χ1v) is 7.73. The molecule has 3 rings (SSSR count). The average molecular weight is 266 g/mol. The molecule has 0 aliphatic heterocycles. The zero-order valence-corrected chi connectivity index (χ0v) is 12.2. The summed E-state index contributed by atoms with van der Waals surface area (Å²) in [5.41, 5.74) is 5.51. The maximum Gasteiger partial charge on any atom is 0.123 e. The van der Waals surface area contributed by atoms with Crippen LogP contribution in [-0.2, 0) is 6.42 Å². The molecule has 1 aliphatic carbocycles. The first-order valence-electron chi connectivity index (χ1n) is 7.73. The zero-order chi connectivity index (χ0) is 13.8. The van der Waals surface area contributed by atoms with E-state index in [1.807, 2.05) is 0 Å². The normalized spacial score (nSPS) is 12.1. The van der Waals surface area contributed by atoms with Gasteiger partial charge < -0.3 is 4.74 Å². The van der Waals surface area contributed by atoms with Crippen molar-refractivity contribution in [1.29, 1.82) is 0 Å². The second-order valence-corrected chi connectivity index (χ2v) is 5.53. The summed E-state index contributed by atoms with van der Waals surface area (Å²) in [4.78, 5) is 0. The number of ether oxygens (including phenoxy) is 1. The van der Waals surface area contributed by atoms with Crippen molar-refractivity contribution in [3.8, 4) is 16.9 Å². The number of rotatable bonds is 6. The Morgan fingerprint density at radius 1 is 0.900 bits per heavy atom. The Morgan fingerprint density at radius 2 is 1.75 bits per heavy atom. The third kappa shape index (κ3) is 2.58. The maximum atomic E-state index is 6.03. The van der Waals surface area contributed by atoms with E-state index in [4.69, 9.17) is 4.74 Å². The second-order valence-electron chi connectivity index (χ2n) is 5.53. The average Bonchev–Trinajstić information content (AvgIpc) is 2.87. The van der Waals surface area contributed by atoms with Gasteiger partial charge in [0.2, 0.25) is 0 Å². The van der Waals surface area contributed by atoms with Gasteiger partial charge in [0.15, 0.2) is 0 Å². The molecule has 20 heavy (non-hydrogen) atoms. The molecule has 104 valence electrons. The van der Waals surface area contributed by atoms with Gasteiger partial charge in [0, 0.05) is 12.0 Å². The number of benzene rings is 2. The van der Waals surface area contributed by atoms with E-state index in [0.717, 1.165) is 25.2 Å². The first kappa shape index (κ1) is 13.2. The summed E-state index contributed by atoms with van der Waals surface area (Å²) in [5, 5.41) is 0. The van der Waals surface area contributed by atoms with Gasteiger partial charge in [-0.05, 0) is 29.2 Å². The highest BCUT2D eigenvalue weighted by Gasteiger charge is 2.20. The summed E-state index contributed by atoms with van der Waals surface area (Å²) in [7, 11) is 0. The van der Waals surface area contributed by atoms with Crippen molar-refractivity contribution < 1.29 is 4.74 Å². The molecule has 1 heteroatoms. The Bertz CT molecular complexity index is 586. The molecular weight excluding hydrogens is 244 g/mol. The van der Waals surface area contributed by atoms with Gasteiger partial charge in [0.05, 0.1) is 6.61 Å². The minimum atomic E-state index is 0.840. The largest absolute Gasteiger partial charge is 0.493 e. The van der Waals surface area contributed by atoms with Crippen LogP contribution in [0.3, 0.4) is 0 Å². The van der Waals surface area contributed by atoms with E-state index in [0.29, 0.717) is 0 Å². The van der Waals surface area contributed by atoms with Crippen LogP contribution in [0.4, 0.5) is 0 Å². The van der Waals surface area contributed by atoms with E-state index in [1.165, 1.54) is 41.5 Å². The van der Waals surface area contributed by atoms with Crippen molar-refractivity contribution >= 4 is 0 Å². The van der Waals surface area contributed by atoms with Gasteiger partial charge in [0.1, 0.15) is 5.75 Å². The van der Waals surface area contributed by atoms with Crippen molar-refractivity contribution in [3.05, 3.63) is 53.6 Å². The summed E-state index contributed by atoms with van der Waals surface area (Å²) >= 11 is 0. The molecular formula is C19H22O. The highest BCUT2D eigenvalue weighted by molar-refractivity contribution is 5.78. The summed E-state index contributed by atoms with van der Waals surface area (Å²) in [6.45, 7) is 3.08. The quantitative estimate of drug-likeness (QED) is 0.556. The standard InChI is InChI=1S/C19H22O/c1-2-3-4-7-13-20-19-12-8-11-17-16-10-6-5-9-15(16)14-18(17)19/h5-6,8-12H,2-4,7,13-14H2,1H3. The van der Waals surface area contributed by atoms with E-state index in [1.54, 1.807) is 0 Å². The molecule has 0 radical (unpaired) electrons. The molecule has 0 aromatic heterocycles. The van der Waals surface area contributed by atoms with Crippen molar-refractivity contribution in [2.24, 2.45) is 0 Å². The van der Waals surface area contributed by atoms with Crippen LogP contribution >= 0.6 is 0 Å². The molecule has 0 heterocycles. The van der Waals surface area contributed by atoms with Crippen LogP contribution in [0.25, 0.3) is 11.1 Å². The highest BCUT2D eigenvalue weighted by Crippen LogP contribution is 2.40. The number of hydrogen-bond acceptors (Lipinski definition) is 1. The molecule has 0 spiro atoms. The van der Waals surface area contributed by atoms with Crippen LogP contribution in [0.2, 0.25) is 0 Å². The van der Waals surface area contributed by atoms with Gasteiger partial charge in [0.25, 0.3) is 0 Å². The first-order chi connectivity index (χ1) is 9.90. The lowest BCUT2D eigenvalue weighted by molar-refractivity contribution is 0.303.